The Kier molecular flexibility index (Phi) is 5.01. The summed E-state index contributed by atoms with van der Waals surface area (Å²) in [5, 5.41) is 4.71. The number of furan rings is 1. The van der Waals surface area contributed by atoms with Crippen molar-refractivity contribution in [2.24, 2.45) is 0 Å². The number of rotatable bonds is 3. The standard InChI is InChI=1S/C36H22BrNO/c37-26-18-14-25(15-19-26)30-22-31-28-10-4-6-12-32(28)38(27-20-16-24(17-21-27)23-8-2-1-3-9-23)35(31)34-29-11-5-7-13-33(29)39-36(30)34/h1-22H. The molecule has 8 aromatic rings. The van der Waals surface area contributed by atoms with E-state index in [0.717, 1.165) is 43.2 Å². The third kappa shape index (κ3) is 3.47. The molecule has 0 bridgehead atoms. The molecule has 184 valence electrons. The molecule has 2 aromatic heterocycles. The maximum Gasteiger partial charge on any atom is 0.145 e. The quantitative estimate of drug-likeness (QED) is 0.209. The summed E-state index contributed by atoms with van der Waals surface area (Å²) in [7, 11) is 0. The third-order valence-electron chi connectivity index (χ3n) is 7.67. The molecule has 0 aliphatic rings. The van der Waals surface area contributed by atoms with Crippen LogP contribution in [0.3, 0.4) is 0 Å². The molecule has 6 aromatic carbocycles. The van der Waals surface area contributed by atoms with E-state index in [1.807, 2.05) is 6.07 Å². The number of benzene rings is 6. The molecule has 2 nitrogen and oxygen atoms in total. The van der Waals surface area contributed by atoms with Crippen molar-refractivity contribution >= 4 is 59.7 Å². The molecule has 0 N–H and O–H groups in total. The second-order valence-electron chi connectivity index (χ2n) is 9.89. The largest absolute Gasteiger partial charge is 0.455 e. The van der Waals surface area contributed by atoms with E-state index in [4.69, 9.17) is 4.42 Å². The molecule has 0 aliphatic heterocycles. The number of nitrogens with zero attached hydrogens (tertiary/aromatic N) is 1. The molecule has 0 radical (unpaired) electrons. The van der Waals surface area contributed by atoms with Crippen LogP contribution in [-0.4, -0.2) is 4.57 Å². The van der Waals surface area contributed by atoms with Crippen LogP contribution in [0.4, 0.5) is 0 Å². The zero-order valence-electron chi connectivity index (χ0n) is 20.9. The highest BCUT2D eigenvalue weighted by Crippen LogP contribution is 2.45. The van der Waals surface area contributed by atoms with Gasteiger partial charge in [0.15, 0.2) is 0 Å². The van der Waals surface area contributed by atoms with E-state index in [1.165, 1.54) is 32.9 Å². The lowest BCUT2D eigenvalue weighted by Crippen LogP contribution is -1.94. The zero-order chi connectivity index (χ0) is 25.9. The molecule has 8 rings (SSSR count). The molecule has 0 unspecified atom stereocenters. The van der Waals surface area contributed by atoms with E-state index >= 15 is 0 Å². The van der Waals surface area contributed by atoms with Gasteiger partial charge in [0, 0.05) is 31.9 Å². The summed E-state index contributed by atoms with van der Waals surface area (Å²) >= 11 is 3.59. The number of halogens is 1. The van der Waals surface area contributed by atoms with Gasteiger partial charge in [0.25, 0.3) is 0 Å². The Hall–Kier alpha value is -4.60. The van der Waals surface area contributed by atoms with E-state index in [2.05, 4.69) is 148 Å². The topological polar surface area (TPSA) is 18.1 Å². The predicted octanol–water partition coefficient (Wildman–Crippen LogP) is 10.8. The summed E-state index contributed by atoms with van der Waals surface area (Å²) in [5.74, 6) is 0. The minimum absolute atomic E-state index is 0.898. The highest BCUT2D eigenvalue weighted by molar-refractivity contribution is 9.10. The number of hydrogen-bond donors (Lipinski definition) is 0. The minimum Gasteiger partial charge on any atom is -0.455 e. The van der Waals surface area contributed by atoms with Gasteiger partial charge in [-0.25, -0.2) is 0 Å². The molecular formula is C36H22BrNO. The second-order valence-corrected chi connectivity index (χ2v) is 10.8. The Labute approximate surface area is 233 Å². The summed E-state index contributed by atoms with van der Waals surface area (Å²) < 4.78 is 10.1. The first kappa shape index (κ1) is 22.4. The first-order valence-corrected chi connectivity index (χ1v) is 13.8. The van der Waals surface area contributed by atoms with Gasteiger partial charge in [0.05, 0.1) is 16.4 Å². The van der Waals surface area contributed by atoms with Crippen molar-refractivity contribution in [2.75, 3.05) is 0 Å². The van der Waals surface area contributed by atoms with E-state index in [1.54, 1.807) is 0 Å². The summed E-state index contributed by atoms with van der Waals surface area (Å²) in [4.78, 5) is 0. The molecule has 0 atom stereocenters. The number of hydrogen-bond acceptors (Lipinski definition) is 1. The van der Waals surface area contributed by atoms with Crippen molar-refractivity contribution in [3.8, 4) is 27.9 Å². The van der Waals surface area contributed by atoms with Crippen molar-refractivity contribution in [2.45, 2.75) is 0 Å². The molecule has 39 heavy (non-hydrogen) atoms. The smallest absolute Gasteiger partial charge is 0.145 e. The van der Waals surface area contributed by atoms with Crippen molar-refractivity contribution in [1.29, 1.82) is 0 Å². The fraction of sp³-hybridized carbons (Fsp3) is 0. The summed E-state index contributed by atoms with van der Waals surface area (Å²) in [6.07, 6.45) is 0. The Morgan fingerprint density at radius 1 is 0.538 bits per heavy atom. The van der Waals surface area contributed by atoms with Crippen molar-refractivity contribution in [3.05, 3.63) is 138 Å². The first-order chi connectivity index (χ1) is 19.3. The molecule has 0 fully saturated rings. The number of para-hydroxylation sites is 2. The second kappa shape index (κ2) is 8.72. The molecule has 2 heterocycles. The molecule has 0 saturated heterocycles. The first-order valence-electron chi connectivity index (χ1n) is 13.1. The molecular weight excluding hydrogens is 542 g/mol. The van der Waals surface area contributed by atoms with Gasteiger partial charge in [-0.1, -0.05) is 107 Å². The maximum atomic E-state index is 6.62. The SMILES string of the molecule is Brc1ccc(-c2cc3c4ccccc4n(-c4ccc(-c5ccccc5)cc4)c3c3c2oc2ccccc23)cc1. The minimum atomic E-state index is 0.898. The average Bonchev–Trinajstić information content (AvgIpc) is 3.54. The monoisotopic (exact) mass is 563 g/mol. The van der Waals surface area contributed by atoms with E-state index < -0.39 is 0 Å². The van der Waals surface area contributed by atoms with E-state index in [0.29, 0.717) is 0 Å². The van der Waals surface area contributed by atoms with E-state index in [-0.39, 0.29) is 0 Å². The molecule has 0 spiro atoms. The molecule has 0 amide bonds. The number of fused-ring (bicyclic) bond motifs is 7. The Bertz CT molecular complexity index is 2150. The van der Waals surface area contributed by atoms with Crippen LogP contribution < -0.4 is 0 Å². The average molecular weight is 564 g/mol. The summed E-state index contributed by atoms with van der Waals surface area (Å²) in [6.45, 7) is 0. The van der Waals surface area contributed by atoms with Gasteiger partial charge in [-0.3, -0.25) is 0 Å². The third-order valence-corrected chi connectivity index (χ3v) is 8.20. The van der Waals surface area contributed by atoms with Crippen molar-refractivity contribution < 1.29 is 4.42 Å². The van der Waals surface area contributed by atoms with Crippen LogP contribution in [0.15, 0.2) is 142 Å². The highest BCUT2D eigenvalue weighted by Gasteiger charge is 2.22. The van der Waals surface area contributed by atoms with Crippen LogP contribution in [0.1, 0.15) is 0 Å². The van der Waals surface area contributed by atoms with Gasteiger partial charge < -0.3 is 8.98 Å². The maximum absolute atomic E-state index is 6.62. The van der Waals surface area contributed by atoms with Crippen LogP contribution >= 0.6 is 15.9 Å². The van der Waals surface area contributed by atoms with Crippen LogP contribution in [0, 0.1) is 0 Å². The Morgan fingerprint density at radius 3 is 1.97 bits per heavy atom. The van der Waals surface area contributed by atoms with Gasteiger partial charge in [0.2, 0.25) is 0 Å². The fourth-order valence-corrected chi connectivity index (χ4v) is 6.15. The van der Waals surface area contributed by atoms with Crippen molar-refractivity contribution in [3.63, 3.8) is 0 Å². The van der Waals surface area contributed by atoms with E-state index in [9.17, 15) is 0 Å². The summed E-state index contributed by atoms with van der Waals surface area (Å²) in [5.41, 5.74) is 9.94. The lowest BCUT2D eigenvalue weighted by atomic mass is 9.98. The molecule has 0 aliphatic carbocycles. The lowest BCUT2D eigenvalue weighted by Gasteiger charge is -2.11. The lowest BCUT2D eigenvalue weighted by molar-refractivity contribution is 0.670. The van der Waals surface area contributed by atoms with Crippen molar-refractivity contribution in [1.82, 2.24) is 4.57 Å². The molecule has 0 saturated carbocycles. The Balaban J connectivity index is 1.50. The van der Waals surface area contributed by atoms with Crippen LogP contribution in [0.2, 0.25) is 0 Å². The Morgan fingerprint density at radius 2 is 1.18 bits per heavy atom. The fourth-order valence-electron chi connectivity index (χ4n) is 5.88. The van der Waals surface area contributed by atoms with Gasteiger partial charge in [-0.15, -0.1) is 0 Å². The zero-order valence-corrected chi connectivity index (χ0v) is 22.5. The van der Waals surface area contributed by atoms with Gasteiger partial charge in [0.1, 0.15) is 11.2 Å². The highest BCUT2D eigenvalue weighted by atomic mass is 79.9. The number of aromatic nitrogens is 1. The van der Waals surface area contributed by atoms with Gasteiger partial charge in [-0.05, 0) is 59.2 Å². The van der Waals surface area contributed by atoms with Crippen LogP contribution in [-0.2, 0) is 0 Å². The van der Waals surface area contributed by atoms with Crippen LogP contribution in [0.5, 0.6) is 0 Å². The van der Waals surface area contributed by atoms with Crippen LogP contribution in [0.25, 0.3) is 71.7 Å². The van der Waals surface area contributed by atoms with Gasteiger partial charge in [-0.2, -0.15) is 0 Å². The van der Waals surface area contributed by atoms with Gasteiger partial charge >= 0.3 is 0 Å². The summed E-state index contributed by atoms with van der Waals surface area (Å²) in [6, 6.07) is 47.3. The molecule has 3 heteroatoms. The normalized spacial score (nSPS) is 11.7. The predicted molar refractivity (Wildman–Crippen MR) is 167 cm³/mol.